The number of rotatable bonds is 6. The number of hydrogen-bond acceptors (Lipinski definition) is 5. The molecular formula is C20H18FN3O3. The molecule has 6 nitrogen and oxygen atoms in total. The Balaban J connectivity index is 1.66. The molecule has 0 aliphatic rings. The molecule has 1 amide bonds. The van der Waals surface area contributed by atoms with E-state index >= 15 is 0 Å². The Morgan fingerprint density at radius 1 is 1.19 bits per heavy atom. The highest BCUT2D eigenvalue weighted by Crippen LogP contribution is 2.22. The van der Waals surface area contributed by atoms with Gasteiger partial charge in [-0.25, -0.2) is 9.37 Å². The topological polar surface area (TPSA) is 84.3 Å². The molecule has 0 saturated carbocycles. The van der Waals surface area contributed by atoms with Gasteiger partial charge < -0.3 is 15.2 Å². The molecule has 0 aliphatic carbocycles. The average molecular weight is 367 g/mol. The molecule has 1 aromatic carbocycles. The number of halogens is 1. The molecule has 3 rings (SSSR count). The summed E-state index contributed by atoms with van der Waals surface area (Å²) in [7, 11) is 0. The number of aryl methyl sites for hydroxylation is 1. The van der Waals surface area contributed by atoms with Gasteiger partial charge in [-0.3, -0.25) is 9.78 Å². The first-order valence-corrected chi connectivity index (χ1v) is 8.28. The van der Waals surface area contributed by atoms with Crippen molar-refractivity contribution in [3.05, 3.63) is 83.6 Å². The molecule has 0 aliphatic heterocycles. The van der Waals surface area contributed by atoms with E-state index in [1.807, 2.05) is 13.0 Å². The summed E-state index contributed by atoms with van der Waals surface area (Å²) in [4.78, 5) is 20.5. The number of aromatic nitrogens is 2. The lowest BCUT2D eigenvalue weighted by Gasteiger charge is -2.13. The van der Waals surface area contributed by atoms with Crippen LogP contribution in [0.25, 0.3) is 0 Å². The van der Waals surface area contributed by atoms with E-state index in [9.17, 15) is 14.3 Å². The van der Waals surface area contributed by atoms with Crippen LogP contribution in [0.15, 0.2) is 60.9 Å². The SMILES string of the molecule is Cc1ccc(Oc2ncccc2CNC(=O)[C@@H](O)c2ccc(F)cc2)cn1. The average Bonchev–Trinajstić information content (AvgIpc) is 2.69. The highest BCUT2D eigenvalue weighted by molar-refractivity contribution is 5.81. The summed E-state index contributed by atoms with van der Waals surface area (Å²) in [5.74, 6) is -0.180. The number of carbonyl (C=O) groups excluding carboxylic acids is 1. The maximum Gasteiger partial charge on any atom is 0.253 e. The predicted molar refractivity (Wildman–Crippen MR) is 96.5 cm³/mol. The molecule has 2 N–H and O–H groups in total. The first-order chi connectivity index (χ1) is 13.0. The van der Waals surface area contributed by atoms with Crippen LogP contribution in [0.2, 0.25) is 0 Å². The van der Waals surface area contributed by atoms with Gasteiger partial charge in [0.1, 0.15) is 11.6 Å². The van der Waals surface area contributed by atoms with E-state index in [1.54, 1.807) is 30.6 Å². The molecule has 2 heterocycles. The number of pyridine rings is 2. The van der Waals surface area contributed by atoms with Crippen LogP contribution >= 0.6 is 0 Å². The summed E-state index contributed by atoms with van der Waals surface area (Å²) in [5.41, 5.74) is 1.81. The maximum atomic E-state index is 13.0. The van der Waals surface area contributed by atoms with Crippen molar-refractivity contribution in [1.82, 2.24) is 15.3 Å². The fourth-order valence-electron chi connectivity index (χ4n) is 2.35. The van der Waals surface area contributed by atoms with Gasteiger partial charge in [0, 0.05) is 24.0 Å². The lowest BCUT2D eigenvalue weighted by Crippen LogP contribution is -2.29. The molecule has 138 valence electrons. The van der Waals surface area contributed by atoms with Gasteiger partial charge >= 0.3 is 0 Å². The zero-order chi connectivity index (χ0) is 19.2. The van der Waals surface area contributed by atoms with Crippen LogP contribution in [0, 0.1) is 12.7 Å². The monoisotopic (exact) mass is 367 g/mol. The Kier molecular flexibility index (Phi) is 5.73. The zero-order valence-corrected chi connectivity index (χ0v) is 14.6. The molecule has 0 radical (unpaired) electrons. The molecule has 27 heavy (non-hydrogen) atoms. The first kappa shape index (κ1) is 18.5. The van der Waals surface area contributed by atoms with E-state index in [0.29, 0.717) is 22.8 Å². The van der Waals surface area contributed by atoms with Crippen molar-refractivity contribution in [3.8, 4) is 11.6 Å². The fourth-order valence-corrected chi connectivity index (χ4v) is 2.35. The second-order valence-electron chi connectivity index (χ2n) is 5.88. The van der Waals surface area contributed by atoms with Crippen LogP contribution in [0.5, 0.6) is 11.6 Å². The number of ether oxygens (including phenoxy) is 1. The second-order valence-corrected chi connectivity index (χ2v) is 5.88. The van der Waals surface area contributed by atoms with Gasteiger partial charge in [0.15, 0.2) is 6.10 Å². The van der Waals surface area contributed by atoms with Crippen LogP contribution in [0.3, 0.4) is 0 Å². The van der Waals surface area contributed by atoms with E-state index in [-0.39, 0.29) is 6.54 Å². The second kappa shape index (κ2) is 8.37. The van der Waals surface area contributed by atoms with Crippen LogP contribution in [-0.4, -0.2) is 21.0 Å². The number of amides is 1. The van der Waals surface area contributed by atoms with Crippen LogP contribution in [0.1, 0.15) is 22.9 Å². The lowest BCUT2D eigenvalue weighted by molar-refractivity contribution is -0.129. The molecule has 3 aromatic rings. The minimum absolute atomic E-state index is 0.111. The number of aliphatic hydroxyl groups is 1. The third-order valence-electron chi connectivity index (χ3n) is 3.84. The van der Waals surface area contributed by atoms with Crippen molar-refractivity contribution in [2.45, 2.75) is 19.6 Å². The van der Waals surface area contributed by atoms with E-state index in [2.05, 4.69) is 15.3 Å². The number of nitrogens with one attached hydrogen (secondary N) is 1. The van der Waals surface area contributed by atoms with Crippen molar-refractivity contribution in [1.29, 1.82) is 0 Å². The molecule has 0 saturated heterocycles. The van der Waals surface area contributed by atoms with Gasteiger partial charge in [-0.1, -0.05) is 18.2 Å². The number of nitrogens with zero attached hydrogens (tertiary/aromatic N) is 2. The van der Waals surface area contributed by atoms with E-state index in [1.165, 1.54) is 24.3 Å². The fraction of sp³-hybridized carbons (Fsp3) is 0.150. The molecule has 7 heteroatoms. The first-order valence-electron chi connectivity index (χ1n) is 8.28. The standard InChI is InChI=1S/C20H18FN3O3/c1-13-4-9-17(12-23-13)27-20-15(3-2-10-22-20)11-24-19(26)18(25)14-5-7-16(21)8-6-14/h2-10,12,18,25H,11H2,1H3,(H,24,26)/t18-/m0/s1. The van der Waals surface area contributed by atoms with Crippen LogP contribution in [0.4, 0.5) is 4.39 Å². The molecule has 0 spiro atoms. The minimum atomic E-state index is -1.40. The summed E-state index contributed by atoms with van der Waals surface area (Å²) in [6.07, 6.45) is 1.77. The van der Waals surface area contributed by atoms with Crippen molar-refractivity contribution in [2.75, 3.05) is 0 Å². The molecule has 0 bridgehead atoms. The Bertz CT molecular complexity index is 915. The van der Waals surface area contributed by atoms with E-state index in [0.717, 1.165) is 5.69 Å². The van der Waals surface area contributed by atoms with Crippen molar-refractivity contribution in [3.63, 3.8) is 0 Å². The van der Waals surface area contributed by atoms with Crippen LogP contribution < -0.4 is 10.1 Å². The minimum Gasteiger partial charge on any atom is -0.437 e. The summed E-state index contributed by atoms with van der Waals surface area (Å²) in [5, 5.41) is 12.7. The predicted octanol–water partition coefficient (Wildman–Crippen LogP) is 3.07. The third kappa shape index (κ3) is 4.86. The van der Waals surface area contributed by atoms with Gasteiger partial charge in [-0.2, -0.15) is 0 Å². The molecule has 0 unspecified atom stereocenters. The number of aliphatic hydroxyl groups excluding tert-OH is 1. The van der Waals surface area contributed by atoms with Gasteiger partial charge in [0.25, 0.3) is 5.91 Å². The largest absolute Gasteiger partial charge is 0.437 e. The van der Waals surface area contributed by atoms with Crippen molar-refractivity contribution in [2.24, 2.45) is 0 Å². The zero-order valence-electron chi connectivity index (χ0n) is 14.6. The summed E-state index contributed by atoms with van der Waals surface area (Å²) >= 11 is 0. The lowest BCUT2D eigenvalue weighted by atomic mass is 10.1. The number of hydrogen-bond donors (Lipinski definition) is 2. The molecule has 2 aromatic heterocycles. The molecule has 1 atom stereocenters. The number of benzene rings is 1. The highest BCUT2D eigenvalue weighted by Gasteiger charge is 2.18. The Morgan fingerprint density at radius 3 is 2.67 bits per heavy atom. The van der Waals surface area contributed by atoms with Gasteiger partial charge in [-0.05, 0) is 42.8 Å². The van der Waals surface area contributed by atoms with Gasteiger partial charge in [0.05, 0.1) is 6.20 Å². The Labute approximate surface area is 155 Å². The molecule has 0 fully saturated rings. The molecular weight excluding hydrogens is 349 g/mol. The third-order valence-corrected chi connectivity index (χ3v) is 3.84. The number of carbonyl (C=O) groups is 1. The van der Waals surface area contributed by atoms with E-state index < -0.39 is 17.8 Å². The van der Waals surface area contributed by atoms with Gasteiger partial charge in [0.2, 0.25) is 5.88 Å². The summed E-state index contributed by atoms with van der Waals surface area (Å²) in [6, 6.07) is 12.2. The van der Waals surface area contributed by atoms with Crippen LogP contribution in [-0.2, 0) is 11.3 Å². The van der Waals surface area contributed by atoms with Crippen molar-refractivity contribution >= 4 is 5.91 Å². The summed E-state index contributed by atoms with van der Waals surface area (Å²) in [6.45, 7) is 1.98. The summed E-state index contributed by atoms with van der Waals surface area (Å²) < 4.78 is 18.7. The smallest absolute Gasteiger partial charge is 0.253 e. The maximum absolute atomic E-state index is 13.0. The van der Waals surface area contributed by atoms with Gasteiger partial charge in [-0.15, -0.1) is 0 Å². The normalized spacial score (nSPS) is 11.7. The van der Waals surface area contributed by atoms with E-state index in [4.69, 9.17) is 4.74 Å². The highest BCUT2D eigenvalue weighted by atomic mass is 19.1. The Hall–Kier alpha value is -3.32. The van der Waals surface area contributed by atoms with Crippen molar-refractivity contribution < 1.29 is 19.0 Å². The quantitative estimate of drug-likeness (QED) is 0.699. The Morgan fingerprint density at radius 2 is 1.96 bits per heavy atom.